The summed E-state index contributed by atoms with van der Waals surface area (Å²) in [7, 11) is 2.13. The van der Waals surface area contributed by atoms with Gasteiger partial charge in [0.2, 0.25) is 0 Å². The van der Waals surface area contributed by atoms with Crippen LogP contribution < -0.4 is 5.32 Å². The van der Waals surface area contributed by atoms with Gasteiger partial charge in [0, 0.05) is 32.7 Å². The van der Waals surface area contributed by atoms with Gasteiger partial charge in [0.1, 0.15) is 0 Å². The van der Waals surface area contributed by atoms with Crippen LogP contribution in [-0.2, 0) is 4.74 Å². The molecule has 1 N–H and O–H groups in total. The molecule has 0 bridgehead atoms. The molecule has 0 aromatic heterocycles. The van der Waals surface area contributed by atoms with Crippen LogP contribution in [0.15, 0.2) is 35.3 Å². The summed E-state index contributed by atoms with van der Waals surface area (Å²) >= 11 is 0. The average molecular weight is 488 g/mol. The van der Waals surface area contributed by atoms with Crippen molar-refractivity contribution in [2.24, 2.45) is 10.9 Å². The van der Waals surface area contributed by atoms with Crippen LogP contribution in [0.1, 0.15) is 38.8 Å². The van der Waals surface area contributed by atoms with Gasteiger partial charge in [-0.3, -0.25) is 9.89 Å². The lowest BCUT2D eigenvalue weighted by molar-refractivity contribution is 0.181. The van der Waals surface area contributed by atoms with Gasteiger partial charge in [-0.25, -0.2) is 0 Å². The maximum Gasteiger partial charge on any atom is 0.193 e. The molecule has 1 aromatic rings. The molecule has 154 valence electrons. The fourth-order valence-electron chi connectivity index (χ4n) is 3.61. The zero-order valence-corrected chi connectivity index (χ0v) is 19.7. The standard InChI is InChI=1S/C21H36N4O.HI/c1-5-22-21(24(4)16-18-13-14-26-17-18)23-15-20(25(6-2)7-3)19-11-9-8-10-12-19;/h8-12,18,20H,5-7,13-17H2,1-4H3,(H,22,23);1H. The van der Waals surface area contributed by atoms with Gasteiger partial charge in [0.05, 0.1) is 19.2 Å². The van der Waals surface area contributed by atoms with Crippen LogP contribution in [-0.4, -0.2) is 68.7 Å². The first-order chi connectivity index (χ1) is 12.7. The molecule has 0 amide bonds. The van der Waals surface area contributed by atoms with Crippen LogP contribution in [0.3, 0.4) is 0 Å². The number of aliphatic imine (C=N–C) groups is 1. The molecular weight excluding hydrogens is 451 g/mol. The third kappa shape index (κ3) is 7.58. The number of likely N-dealkylation sites (N-methyl/N-ethyl adjacent to an activating group) is 1. The van der Waals surface area contributed by atoms with Crippen molar-refractivity contribution < 1.29 is 4.74 Å². The monoisotopic (exact) mass is 488 g/mol. The summed E-state index contributed by atoms with van der Waals surface area (Å²) in [5.41, 5.74) is 1.34. The van der Waals surface area contributed by atoms with E-state index in [1.807, 2.05) is 0 Å². The van der Waals surface area contributed by atoms with Crippen LogP contribution in [0.4, 0.5) is 0 Å². The number of halogens is 1. The number of hydrogen-bond donors (Lipinski definition) is 1. The Balaban J connectivity index is 0.00000364. The zero-order valence-electron chi connectivity index (χ0n) is 17.4. The summed E-state index contributed by atoms with van der Waals surface area (Å²) in [5.74, 6) is 1.60. The Kier molecular flexibility index (Phi) is 11.9. The molecule has 0 radical (unpaired) electrons. The third-order valence-corrected chi connectivity index (χ3v) is 5.10. The fraction of sp³-hybridized carbons (Fsp3) is 0.667. The minimum absolute atomic E-state index is 0. The lowest BCUT2D eigenvalue weighted by Crippen LogP contribution is -2.42. The zero-order chi connectivity index (χ0) is 18.8. The number of rotatable bonds is 9. The molecule has 1 heterocycles. The van der Waals surface area contributed by atoms with E-state index in [4.69, 9.17) is 9.73 Å². The highest BCUT2D eigenvalue weighted by Crippen LogP contribution is 2.21. The number of hydrogen-bond acceptors (Lipinski definition) is 3. The van der Waals surface area contributed by atoms with Gasteiger partial charge < -0.3 is 15.0 Å². The van der Waals surface area contributed by atoms with E-state index in [-0.39, 0.29) is 24.0 Å². The molecule has 1 aromatic carbocycles. The predicted octanol–water partition coefficient (Wildman–Crippen LogP) is 3.62. The van der Waals surface area contributed by atoms with E-state index in [9.17, 15) is 0 Å². The van der Waals surface area contributed by atoms with Gasteiger partial charge in [-0.05, 0) is 32.0 Å². The van der Waals surface area contributed by atoms with Crippen molar-refractivity contribution in [3.05, 3.63) is 35.9 Å². The highest BCUT2D eigenvalue weighted by atomic mass is 127. The van der Waals surface area contributed by atoms with Gasteiger partial charge >= 0.3 is 0 Å². The Hall–Kier alpha value is -0.860. The Morgan fingerprint density at radius 1 is 1.22 bits per heavy atom. The maximum atomic E-state index is 5.52. The molecule has 6 heteroatoms. The first-order valence-corrected chi connectivity index (χ1v) is 10.1. The predicted molar refractivity (Wildman–Crippen MR) is 125 cm³/mol. The SMILES string of the molecule is CCNC(=NCC(c1ccccc1)N(CC)CC)N(C)CC1CCOC1.I. The Bertz CT molecular complexity index is 530. The highest BCUT2D eigenvalue weighted by Gasteiger charge is 2.21. The minimum atomic E-state index is 0. The Morgan fingerprint density at radius 3 is 2.48 bits per heavy atom. The minimum Gasteiger partial charge on any atom is -0.381 e. The second-order valence-electron chi connectivity index (χ2n) is 6.95. The smallest absolute Gasteiger partial charge is 0.193 e. The van der Waals surface area contributed by atoms with E-state index in [0.29, 0.717) is 12.0 Å². The highest BCUT2D eigenvalue weighted by molar-refractivity contribution is 14.0. The molecule has 2 rings (SSSR count). The molecule has 27 heavy (non-hydrogen) atoms. The number of nitrogens with zero attached hydrogens (tertiary/aromatic N) is 3. The molecule has 2 unspecified atom stereocenters. The summed E-state index contributed by atoms with van der Waals surface area (Å²) in [5, 5.41) is 3.45. The summed E-state index contributed by atoms with van der Waals surface area (Å²) in [6.45, 7) is 13.0. The largest absolute Gasteiger partial charge is 0.381 e. The molecule has 5 nitrogen and oxygen atoms in total. The van der Waals surface area contributed by atoms with Crippen LogP contribution in [0.2, 0.25) is 0 Å². The fourth-order valence-corrected chi connectivity index (χ4v) is 3.61. The third-order valence-electron chi connectivity index (χ3n) is 5.10. The van der Waals surface area contributed by atoms with Crippen molar-refractivity contribution in [2.75, 3.05) is 53.0 Å². The number of ether oxygens (including phenoxy) is 1. The topological polar surface area (TPSA) is 40.1 Å². The van der Waals surface area contributed by atoms with Crippen LogP contribution in [0, 0.1) is 5.92 Å². The first-order valence-electron chi connectivity index (χ1n) is 10.1. The summed E-state index contributed by atoms with van der Waals surface area (Å²) in [6, 6.07) is 11.0. The van der Waals surface area contributed by atoms with Gasteiger partial charge in [-0.15, -0.1) is 24.0 Å². The van der Waals surface area contributed by atoms with Crippen molar-refractivity contribution in [2.45, 2.75) is 33.2 Å². The summed E-state index contributed by atoms with van der Waals surface area (Å²) < 4.78 is 5.52. The van der Waals surface area contributed by atoms with Crippen molar-refractivity contribution >= 4 is 29.9 Å². The van der Waals surface area contributed by atoms with Crippen molar-refractivity contribution in [3.8, 4) is 0 Å². The Morgan fingerprint density at radius 2 is 1.93 bits per heavy atom. The Labute approximate surface area is 182 Å². The molecule has 2 atom stereocenters. The molecule has 0 aliphatic carbocycles. The molecule has 0 saturated carbocycles. The van der Waals surface area contributed by atoms with E-state index >= 15 is 0 Å². The van der Waals surface area contributed by atoms with E-state index in [1.54, 1.807) is 0 Å². The van der Waals surface area contributed by atoms with Crippen LogP contribution >= 0.6 is 24.0 Å². The lowest BCUT2D eigenvalue weighted by atomic mass is 10.1. The average Bonchev–Trinajstić information content (AvgIpc) is 3.17. The van der Waals surface area contributed by atoms with E-state index in [2.05, 4.69) is 73.3 Å². The van der Waals surface area contributed by atoms with E-state index < -0.39 is 0 Å². The molecule has 1 saturated heterocycles. The second kappa shape index (κ2) is 13.3. The van der Waals surface area contributed by atoms with Gasteiger partial charge in [0.25, 0.3) is 0 Å². The van der Waals surface area contributed by atoms with Gasteiger partial charge in [-0.2, -0.15) is 0 Å². The van der Waals surface area contributed by atoms with Crippen molar-refractivity contribution in [1.82, 2.24) is 15.1 Å². The second-order valence-corrected chi connectivity index (χ2v) is 6.95. The van der Waals surface area contributed by atoms with Crippen molar-refractivity contribution in [3.63, 3.8) is 0 Å². The van der Waals surface area contributed by atoms with Gasteiger partial charge in [-0.1, -0.05) is 44.2 Å². The number of benzene rings is 1. The van der Waals surface area contributed by atoms with Crippen molar-refractivity contribution in [1.29, 1.82) is 0 Å². The molecule has 1 fully saturated rings. The summed E-state index contributed by atoms with van der Waals surface area (Å²) in [4.78, 5) is 9.73. The maximum absolute atomic E-state index is 5.52. The molecule has 0 spiro atoms. The molecular formula is C21H37IN4O. The van der Waals surface area contributed by atoms with E-state index in [0.717, 1.165) is 58.3 Å². The van der Waals surface area contributed by atoms with E-state index in [1.165, 1.54) is 5.56 Å². The lowest BCUT2D eigenvalue weighted by Gasteiger charge is -2.30. The number of guanidine groups is 1. The first kappa shape index (κ1) is 24.2. The quantitative estimate of drug-likeness (QED) is 0.328. The van der Waals surface area contributed by atoms with Crippen LogP contribution in [0.25, 0.3) is 0 Å². The van der Waals surface area contributed by atoms with Gasteiger partial charge in [0.15, 0.2) is 5.96 Å². The molecule has 1 aliphatic rings. The number of nitrogens with one attached hydrogen (secondary N) is 1. The molecule has 1 aliphatic heterocycles. The normalized spacial score (nSPS) is 18.3. The summed E-state index contributed by atoms with van der Waals surface area (Å²) in [6.07, 6.45) is 1.15. The van der Waals surface area contributed by atoms with Crippen LogP contribution in [0.5, 0.6) is 0 Å².